The lowest BCUT2D eigenvalue weighted by Gasteiger charge is -2.19. The fourth-order valence-electron chi connectivity index (χ4n) is 2.95. The van der Waals surface area contributed by atoms with Crippen LogP contribution >= 0.6 is 11.6 Å². The molecule has 3 nitrogen and oxygen atoms in total. The number of benzene rings is 3. The Balaban J connectivity index is 1.66. The molecule has 0 saturated carbocycles. The van der Waals surface area contributed by atoms with Gasteiger partial charge in [0.05, 0.1) is 6.61 Å². The average Bonchev–Trinajstić information content (AvgIpc) is 2.70. The molecule has 0 atom stereocenters. The van der Waals surface area contributed by atoms with Gasteiger partial charge in [0.2, 0.25) is 0 Å². The second-order valence-electron chi connectivity index (χ2n) is 8.12. The van der Waals surface area contributed by atoms with Crippen molar-refractivity contribution in [2.75, 3.05) is 0 Å². The summed E-state index contributed by atoms with van der Waals surface area (Å²) in [5, 5.41) is 10.2. The Labute approximate surface area is 177 Å². The first kappa shape index (κ1) is 21.2. The van der Waals surface area contributed by atoms with Gasteiger partial charge >= 0.3 is 0 Å². The third-order valence-electron chi connectivity index (χ3n) is 4.64. The van der Waals surface area contributed by atoms with Crippen LogP contribution in [0.2, 0.25) is 5.02 Å². The first-order chi connectivity index (χ1) is 13.8. The molecule has 0 aliphatic rings. The molecule has 0 amide bonds. The van der Waals surface area contributed by atoms with E-state index in [2.05, 4.69) is 45.0 Å². The van der Waals surface area contributed by atoms with Crippen molar-refractivity contribution in [3.05, 3.63) is 94.0 Å². The fourth-order valence-corrected chi connectivity index (χ4v) is 3.16. The Kier molecular flexibility index (Phi) is 6.83. The van der Waals surface area contributed by atoms with E-state index in [0.29, 0.717) is 29.7 Å². The van der Waals surface area contributed by atoms with Crippen LogP contribution in [-0.4, -0.2) is 5.11 Å². The number of hydrogen-bond acceptors (Lipinski definition) is 3. The minimum atomic E-state index is -0.0784. The first-order valence-corrected chi connectivity index (χ1v) is 10.1. The van der Waals surface area contributed by atoms with Crippen LogP contribution in [0, 0.1) is 0 Å². The number of aliphatic hydroxyl groups excluding tert-OH is 1. The van der Waals surface area contributed by atoms with E-state index in [9.17, 15) is 5.11 Å². The van der Waals surface area contributed by atoms with Gasteiger partial charge in [-0.25, -0.2) is 0 Å². The Morgan fingerprint density at radius 3 is 1.93 bits per heavy atom. The van der Waals surface area contributed by atoms with Gasteiger partial charge in [-0.05, 0) is 51.9 Å². The van der Waals surface area contributed by atoms with E-state index in [1.54, 1.807) is 0 Å². The van der Waals surface area contributed by atoms with E-state index >= 15 is 0 Å². The lowest BCUT2D eigenvalue weighted by molar-refractivity contribution is 0.271. The quantitative estimate of drug-likeness (QED) is 0.497. The molecule has 4 heteroatoms. The molecule has 3 aromatic carbocycles. The maximum Gasteiger partial charge on any atom is 0.123 e. The highest BCUT2D eigenvalue weighted by Crippen LogP contribution is 2.26. The summed E-state index contributed by atoms with van der Waals surface area (Å²) in [5.74, 6) is 1.31. The summed E-state index contributed by atoms with van der Waals surface area (Å²) in [6.45, 7) is 7.36. The van der Waals surface area contributed by atoms with E-state index in [0.717, 1.165) is 16.7 Å². The molecule has 3 aromatic rings. The lowest BCUT2D eigenvalue weighted by Crippen LogP contribution is -2.10. The van der Waals surface area contributed by atoms with E-state index < -0.39 is 0 Å². The van der Waals surface area contributed by atoms with Crippen LogP contribution in [0.25, 0.3) is 0 Å². The maximum atomic E-state index is 9.57. The van der Waals surface area contributed by atoms with Gasteiger partial charge in [0.15, 0.2) is 0 Å². The molecule has 29 heavy (non-hydrogen) atoms. The maximum absolute atomic E-state index is 9.57. The monoisotopic (exact) mass is 410 g/mol. The summed E-state index contributed by atoms with van der Waals surface area (Å²) in [6, 6.07) is 21.5. The minimum absolute atomic E-state index is 0.0784. The summed E-state index contributed by atoms with van der Waals surface area (Å²) >= 11 is 6.02. The van der Waals surface area contributed by atoms with Crippen molar-refractivity contribution in [1.82, 2.24) is 0 Å². The van der Waals surface area contributed by atoms with Crippen LogP contribution in [0.5, 0.6) is 11.5 Å². The van der Waals surface area contributed by atoms with Crippen molar-refractivity contribution in [2.24, 2.45) is 0 Å². The van der Waals surface area contributed by atoms with E-state index in [4.69, 9.17) is 21.1 Å². The normalized spacial score (nSPS) is 11.3. The smallest absolute Gasteiger partial charge is 0.123 e. The Morgan fingerprint density at radius 1 is 0.759 bits per heavy atom. The molecular formula is C25H27ClO3. The zero-order valence-electron chi connectivity index (χ0n) is 17.1. The highest BCUT2D eigenvalue weighted by atomic mass is 35.5. The summed E-state index contributed by atoms with van der Waals surface area (Å²) in [5.41, 5.74) is 4.23. The van der Waals surface area contributed by atoms with Crippen LogP contribution in [0.15, 0.2) is 66.7 Å². The molecule has 152 valence electrons. The first-order valence-electron chi connectivity index (χ1n) is 9.68. The van der Waals surface area contributed by atoms with Gasteiger partial charge in [-0.2, -0.15) is 0 Å². The number of hydrogen-bond donors (Lipinski definition) is 1. The van der Waals surface area contributed by atoms with Crippen LogP contribution < -0.4 is 9.47 Å². The topological polar surface area (TPSA) is 38.7 Å². The molecule has 3 rings (SSSR count). The summed E-state index contributed by atoms with van der Waals surface area (Å²) in [4.78, 5) is 0. The van der Waals surface area contributed by atoms with Crippen LogP contribution in [0.3, 0.4) is 0 Å². The molecule has 0 aromatic heterocycles. The standard InChI is InChI=1S/C25H27ClO3/c1-25(2,3)21-9-7-18(8-10-21)16-28-23-12-20(15-27)13-24(14-23)29-17-19-5-4-6-22(26)11-19/h4-14,27H,15-17H2,1-3H3. The number of aliphatic hydroxyl groups is 1. The van der Waals surface area contributed by atoms with Crippen molar-refractivity contribution < 1.29 is 14.6 Å². The van der Waals surface area contributed by atoms with E-state index in [1.807, 2.05) is 42.5 Å². The predicted octanol–water partition coefficient (Wildman–Crippen LogP) is 6.29. The lowest BCUT2D eigenvalue weighted by atomic mass is 9.87. The average molecular weight is 411 g/mol. The third kappa shape index (κ3) is 6.25. The zero-order valence-corrected chi connectivity index (χ0v) is 17.9. The Hall–Kier alpha value is -2.49. The molecule has 0 aliphatic heterocycles. The predicted molar refractivity (Wildman–Crippen MR) is 118 cm³/mol. The van der Waals surface area contributed by atoms with Crippen LogP contribution in [0.4, 0.5) is 0 Å². The summed E-state index contributed by atoms with van der Waals surface area (Å²) in [6.07, 6.45) is 0. The van der Waals surface area contributed by atoms with Gasteiger partial charge < -0.3 is 14.6 Å². The fraction of sp³-hybridized carbons (Fsp3) is 0.280. The molecule has 0 spiro atoms. The largest absolute Gasteiger partial charge is 0.489 e. The second kappa shape index (κ2) is 9.34. The van der Waals surface area contributed by atoms with Gasteiger partial charge in [-0.15, -0.1) is 0 Å². The van der Waals surface area contributed by atoms with Gasteiger partial charge in [-0.3, -0.25) is 0 Å². The highest BCUT2D eigenvalue weighted by Gasteiger charge is 2.13. The van der Waals surface area contributed by atoms with E-state index in [1.165, 1.54) is 5.56 Å². The molecule has 0 heterocycles. The van der Waals surface area contributed by atoms with Crippen LogP contribution in [-0.2, 0) is 25.2 Å². The van der Waals surface area contributed by atoms with Crippen molar-refractivity contribution in [3.63, 3.8) is 0 Å². The Morgan fingerprint density at radius 2 is 1.38 bits per heavy atom. The van der Waals surface area contributed by atoms with E-state index in [-0.39, 0.29) is 12.0 Å². The number of halogens is 1. The molecular weight excluding hydrogens is 384 g/mol. The minimum Gasteiger partial charge on any atom is -0.489 e. The molecule has 1 N–H and O–H groups in total. The second-order valence-corrected chi connectivity index (χ2v) is 8.56. The van der Waals surface area contributed by atoms with Crippen molar-refractivity contribution in [3.8, 4) is 11.5 Å². The SMILES string of the molecule is CC(C)(C)c1ccc(COc2cc(CO)cc(OCc3cccc(Cl)c3)c2)cc1. The van der Waals surface area contributed by atoms with Gasteiger partial charge in [0.25, 0.3) is 0 Å². The molecule has 0 radical (unpaired) electrons. The van der Waals surface area contributed by atoms with Gasteiger partial charge in [-0.1, -0.05) is 68.8 Å². The van der Waals surface area contributed by atoms with Gasteiger partial charge in [0, 0.05) is 11.1 Å². The highest BCUT2D eigenvalue weighted by molar-refractivity contribution is 6.30. The van der Waals surface area contributed by atoms with Crippen molar-refractivity contribution in [1.29, 1.82) is 0 Å². The molecule has 0 fully saturated rings. The van der Waals surface area contributed by atoms with Crippen molar-refractivity contribution >= 4 is 11.6 Å². The summed E-state index contributed by atoms with van der Waals surface area (Å²) < 4.78 is 11.8. The third-order valence-corrected chi connectivity index (χ3v) is 4.88. The number of rotatable bonds is 7. The van der Waals surface area contributed by atoms with Gasteiger partial charge in [0.1, 0.15) is 24.7 Å². The summed E-state index contributed by atoms with van der Waals surface area (Å²) in [7, 11) is 0. The molecule has 0 saturated heterocycles. The van der Waals surface area contributed by atoms with Crippen LogP contribution in [0.1, 0.15) is 43.0 Å². The zero-order chi connectivity index (χ0) is 20.9. The van der Waals surface area contributed by atoms with Crippen molar-refractivity contribution in [2.45, 2.75) is 46.0 Å². The number of ether oxygens (including phenoxy) is 2. The molecule has 0 unspecified atom stereocenters. The molecule has 0 aliphatic carbocycles. The Bertz CT molecular complexity index is 943. The molecule has 0 bridgehead atoms.